The molecule has 0 amide bonds. The first-order chi connectivity index (χ1) is 9.75. The minimum Gasteiger partial charge on any atom is -0.449 e. The van der Waals surface area contributed by atoms with E-state index in [1.165, 1.54) is 0 Å². The number of hydrogen-bond acceptors (Lipinski definition) is 2. The third-order valence-electron chi connectivity index (χ3n) is 3.89. The van der Waals surface area contributed by atoms with Gasteiger partial charge in [0.15, 0.2) is 6.10 Å². The Morgan fingerprint density at radius 3 is 2.70 bits per heavy atom. The Balaban J connectivity index is 1.98. The Hall–Kier alpha value is -2.55. The first-order valence-electron chi connectivity index (χ1n) is 6.63. The molecule has 0 aliphatic carbocycles. The van der Waals surface area contributed by atoms with E-state index in [-0.39, 0.29) is 12.1 Å². The normalized spacial score (nSPS) is 17.2. The zero-order chi connectivity index (χ0) is 13.7. The zero-order valence-electron chi connectivity index (χ0n) is 11.0. The van der Waals surface area contributed by atoms with Gasteiger partial charge in [-0.2, -0.15) is 0 Å². The third-order valence-corrected chi connectivity index (χ3v) is 3.89. The average Bonchev–Trinajstić information content (AvgIpc) is 2.96. The molecule has 0 saturated heterocycles. The van der Waals surface area contributed by atoms with Gasteiger partial charge in [0.1, 0.15) is 0 Å². The average molecular weight is 263 g/mol. The van der Waals surface area contributed by atoms with Gasteiger partial charge in [0.05, 0.1) is 5.56 Å². The van der Waals surface area contributed by atoms with Crippen molar-refractivity contribution in [2.24, 2.45) is 0 Å². The molecule has 0 spiro atoms. The van der Waals surface area contributed by atoms with Crippen LogP contribution in [0, 0.1) is 6.92 Å². The van der Waals surface area contributed by atoms with Gasteiger partial charge in [0, 0.05) is 27.7 Å². The number of hydrogen-bond donors (Lipinski definition) is 1. The maximum atomic E-state index is 12.0. The number of carbonyl (C=O) groups excluding carboxylic acids is 1. The third kappa shape index (κ3) is 1.43. The van der Waals surface area contributed by atoms with Crippen LogP contribution in [0.5, 0.6) is 0 Å². The summed E-state index contributed by atoms with van der Waals surface area (Å²) in [6, 6.07) is 15.7. The van der Waals surface area contributed by atoms with Crippen molar-refractivity contribution in [3.8, 4) is 0 Å². The maximum Gasteiger partial charge on any atom is 0.339 e. The fourth-order valence-corrected chi connectivity index (χ4v) is 3.00. The SMILES string of the molecule is Cc1[nH]c2ccccc2c1[C@H]1OC(=O)c2ccccc21. The second kappa shape index (κ2) is 3.97. The number of cyclic esters (lactones) is 1. The predicted molar refractivity (Wildman–Crippen MR) is 76.7 cm³/mol. The first-order valence-corrected chi connectivity index (χ1v) is 6.63. The van der Waals surface area contributed by atoms with Crippen molar-refractivity contribution in [1.29, 1.82) is 0 Å². The molecule has 0 bridgehead atoms. The summed E-state index contributed by atoms with van der Waals surface area (Å²) in [7, 11) is 0. The Morgan fingerprint density at radius 2 is 1.80 bits per heavy atom. The lowest BCUT2D eigenvalue weighted by Gasteiger charge is -2.11. The molecule has 0 unspecified atom stereocenters. The van der Waals surface area contributed by atoms with Gasteiger partial charge >= 0.3 is 5.97 Å². The lowest BCUT2D eigenvalue weighted by Crippen LogP contribution is -2.01. The molecule has 3 aromatic rings. The van der Waals surface area contributed by atoms with E-state index in [1.807, 2.05) is 49.4 Å². The van der Waals surface area contributed by atoms with Crippen molar-refractivity contribution < 1.29 is 9.53 Å². The maximum absolute atomic E-state index is 12.0. The highest BCUT2D eigenvalue weighted by Crippen LogP contribution is 2.40. The van der Waals surface area contributed by atoms with Crippen LogP contribution in [-0.4, -0.2) is 11.0 Å². The molecule has 0 saturated carbocycles. The molecular formula is C17H13NO2. The van der Waals surface area contributed by atoms with Gasteiger partial charge in [0.2, 0.25) is 0 Å². The monoisotopic (exact) mass is 263 g/mol. The number of aromatic amines is 1. The number of fused-ring (bicyclic) bond motifs is 2. The number of nitrogens with one attached hydrogen (secondary N) is 1. The van der Waals surface area contributed by atoms with Crippen LogP contribution >= 0.6 is 0 Å². The van der Waals surface area contributed by atoms with Crippen LogP contribution in [0.3, 0.4) is 0 Å². The Kier molecular flexibility index (Phi) is 2.24. The van der Waals surface area contributed by atoms with Crippen molar-refractivity contribution in [2.45, 2.75) is 13.0 Å². The topological polar surface area (TPSA) is 42.1 Å². The van der Waals surface area contributed by atoms with Gasteiger partial charge in [-0.3, -0.25) is 0 Å². The van der Waals surface area contributed by atoms with Gasteiger partial charge in [-0.25, -0.2) is 4.79 Å². The van der Waals surface area contributed by atoms with Crippen LogP contribution in [0.1, 0.15) is 33.3 Å². The largest absolute Gasteiger partial charge is 0.449 e. The molecule has 20 heavy (non-hydrogen) atoms. The number of benzene rings is 2. The fraction of sp³-hybridized carbons (Fsp3) is 0.118. The Bertz CT molecular complexity index is 832. The van der Waals surface area contributed by atoms with E-state index in [1.54, 1.807) is 0 Å². The summed E-state index contributed by atoms with van der Waals surface area (Å²) < 4.78 is 5.61. The molecule has 0 radical (unpaired) electrons. The van der Waals surface area contributed by atoms with Crippen LogP contribution in [0.2, 0.25) is 0 Å². The van der Waals surface area contributed by atoms with Crippen molar-refractivity contribution >= 4 is 16.9 Å². The molecule has 4 rings (SSSR count). The summed E-state index contributed by atoms with van der Waals surface area (Å²) in [6.07, 6.45) is -0.310. The second-order valence-corrected chi connectivity index (χ2v) is 5.08. The molecule has 3 heteroatoms. The minimum atomic E-state index is -0.310. The second-order valence-electron chi connectivity index (χ2n) is 5.08. The predicted octanol–water partition coefficient (Wildman–Crippen LogP) is 3.74. The summed E-state index contributed by atoms with van der Waals surface area (Å²) >= 11 is 0. The molecule has 1 atom stereocenters. The van der Waals surface area contributed by atoms with Gasteiger partial charge in [-0.15, -0.1) is 0 Å². The number of aryl methyl sites for hydroxylation is 1. The lowest BCUT2D eigenvalue weighted by atomic mass is 9.97. The number of H-pyrrole nitrogens is 1. The zero-order valence-corrected chi connectivity index (χ0v) is 11.0. The van der Waals surface area contributed by atoms with Gasteiger partial charge in [0.25, 0.3) is 0 Å². The van der Waals surface area contributed by atoms with E-state index < -0.39 is 0 Å². The van der Waals surface area contributed by atoms with Crippen LogP contribution in [0.4, 0.5) is 0 Å². The highest BCUT2D eigenvalue weighted by atomic mass is 16.5. The molecule has 2 aromatic carbocycles. The molecule has 3 nitrogen and oxygen atoms in total. The number of ether oxygens (including phenoxy) is 1. The summed E-state index contributed by atoms with van der Waals surface area (Å²) in [4.78, 5) is 15.3. The number of para-hydroxylation sites is 1. The van der Waals surface area contributed by atoms with Crippen LogP contribution < -0.4 is 0 Å². The fourth-order valence-electron chi connectivity index (χ4n) is 3.00. The van der Waals surface area contributed by atoms with Crippen LogP contribution in [-0.2, 0) is 4.74 Å². The highest BCUT2D eigenvalue weighted by molar-refractivity contribution is 5.96. The van der Waals surface area contributed by atoms with E-state index in [4.69, 9.17) is 4.74 Å². The summed E-state index contributed by atoms with van der Waals surface area (Å²) in [5.41, 5.74) is 4.78. The Labute approximate surface area is 116 Å². The van der Waals surface area contributed by atoms with Gasteiger partial charge in [-0.05, 0) is 19.1 Å². The van der Waals surface area contributed by atoms with E-state index in [0.717, 1.165) is 27.7 Å². The van der Waals surface area contributed by atoms with Gasteiger partial charge < -0.3 is 9.72 Å². The van der Waals surface area contributed by atoms with Gasteiger partial charge in [-0.1, -0.05) is 36.4 Å². The first kappa shape index (κ1) is 11.3. The van der Waals surface area contributed by atoms with Crippen molar-refractivity contribution in [2.75, 3.05) is 0 Å². The molecule has 1 aliphatic heterocycles. The summed E-state index contributed by atoms with van der Waals surface area (Å²) in [5, 5.41) is 1.11. The molecule has 1 N–H and O–H groups in total. The number of carbonyl (C=O) groups is 1. The lowest BCUT2D eigenvalue weighted by molar-refractivity contribution is 0.0457. The quantitative estimate of drug-likeness (QED) is 0.680. The van der Waals surface area contributed by atoms with E-state index in [0.29, 0.717) is 5.56 Å². The van der Waals surface area contributed by atoms with Crippen molar-refractivity contribution in [3.63, 3.8) is 0 Å². The van der Waals surface area contributed by atoms with E-state index >= 15 is 0 Å². The highest BCUT2D eigenvalue weighted by Gasteiger charge is 2.34. The minimum absolute atomic E-state index is 0.240. The molecule has 1 aliphatic rings. The smallest absolute Gasteiger partial charge is 0.339 e. The molecule has 98 valence electrons. The van der Waals surface area contributed by atoms with Crippen molar-refractivity contribution in [3.05, 3.63) is 70.9 Å². The summed E-state index contributed by atoms with van der Waals surface area (Å²) in [5.74, 6) is -0.240. The van der Waals surface area contributed by atoms with E-state index in [9.17, 15) is 4.79 Å². The number of rotatable bonds is 1. The van der Waals surface area contributed by atoms with Crippen molar-refractivity contribution in [1.82, 2.24) is 4.98 Å². The number of esters is 1. The Morgan fingerprint density at radius 1 is 1.05 bits per heavy atom. The molecule has 2 heterocycles. The standard InChI is InChI=1S/C17H13NO2/c1-10-15(13-8-4-5-9-14(13)18-10)16-11-6-2-3-7-12(11)17(19)20-16/h2-9,16,18H,1H3/t16-/m0/s1. The summed E-state index contributed by atoms with van der Waals surface area (Å²) in [6.45, 7) is 2.02. The molecule has 0 fully saturated rings. The number of aromatic nitrogens is 1. The van der Waals surface area contributed by atoms with E-state index in [2.05, 4.69) is 11.1 Å². The van der Waals surface area contributed by atoms with Crippen LogP contribution in [0.15, 0.2) is 48.5 Å². The van der Waals surface area contributed by atoms with Crippen LogP contribution in [0.25, 0.3) is 10.9 Å². The molecular weight excluding hydrogens is 250 g/mol. The molecule has 1 aromatic heterocycles.